The lowest BCUT2D eigenvalue weighted by Gasteiger charge is -2.32. The van der Waals surface area contributed by atoms with E-state index in [0.29, 0.717) is 47.1 Å². The van der Waals surface area contributed by atoms with Crippen LogP contribution in [0, 0.1) is 5.82 Å². The second-order valence-electron chi connectivity index (χ2n) is 10.3. The summed E-state index contributed by atoms with van der Waals surface area (Å²) in [5.41, 5.74) is 6.52. The fourth-order valence-corrected chi connectivity index (χ4v) is 6.33. The number of halogens is 1. The number of carbonyl (C=O) groups is 1. The fourth-order valence-electron chi connectivity index (χ4n) is 4.31. The van der Waals surface area contributed by atoms with Gasteiger partial charge in [0.1, 0.15) is 11.9 Å². The van der Waals surface area contributed by atoms with E-state index in [4.69, 9.17) is 19.9 Å². The van der Waals surface area contributed by atoms with Gasteiger partial charge in [0, 0.05) is 30.8 Å². The molecule has 1 amide bonds. The van der Waals surface area contributed by atoms with Gasteiger partial charge in [-0.25, -0.2) is 28.3 Å². The highest BCUT2D eigenvalue weighted by atomic mass is 32.2. The molecule has 4 heterocycles. The van der Waals surface area contributed by atoms with Crippen LogP contribution in [-0.2, 0) is 15.7 Å². The monoisotopic (exact) mass is 584 g/mol. The Morgan fingerprint density at radius 3 is 2.67 bits per heavy atom. The molecular formula is C27H29FN6O4S2. The molecule has 0 aliphatic carbocycles. The Morgan fingerprint density at radius 1 is 1.23 bits per heavy atom. The first-order valence-electron chi connectivity index (χ1n) is 12.7. The van der Waals surface area contributed by atoms with E-state index in [2.05, 4.69) is 14.7 Å². The van der Waals surface area contributed by atoms with Crippen LogP contribution in [0.1, 0.15) is 44.5 Å². The number of amides is 1. The van der Waals surface area contributed by atoms with E-state index in [9.17, 15) is 9.00 Å². The third kappa shape index (κ3) is 6.15. The van der Waals surface area contributed by atoms with E-state index in [1.54, 1.807) is 35.4 Å². The summed E-state index contributed by atoms with van der Waals surface area (Å²) in [4.78, 5) is 28.5. The van der Waals surface area contributed by atoms with Crippen LogP contribution in [0.2, 0.25) is 0 Å². The highest BCUT2D eigenvalue weighted by Gasteiger charge is 2.30. The SMILES string of the molecule is CC(C)(C)OC(=O)N1CCC(c2nc(-c3cccc(NS(=O)c4ccoc4)c3F)c(-c3ccnc(N)n3)s2)CC1. The normalized spacial score (nSPS) is 15.2. The van der Waals surface area contributed by atoms with E-state index < -0.39 is 22.4 Å². The predicted molar refractivity (Wildman–Crippen MR) is 151 cm³/mol. The molecule has 4 aromatic rings. The molecule has 0 bridgehead atoms. The summed E-state index contributed by atoms with van der Waals surface area (Å²) in [5.74, 6) is -0.442. The topological polar surface area (TPSA) is 136 Å². The van der Waals surface area contributed by atoms with Gasteiger partial charge in [-0.15, -0.1) is 11.3 Å². The fraction of sp³-hybridized carbons (Fsp3) is 0.333. The third-order valence-electron chi connectivity index (χ3n) is 6.21. The molecule has 13 heteroatoms. The van der Waals surface area contributed by atoms with Gasteiger partial charge in [-0.3, -0.25) is 4.72 Å². The molecule has 3 N–H and O–H groups in total. The van der Waals surface area contributed by atoms with Crippen molar-refractivity contribution in [1.82, 2.24) is 19.9 Å². The van der Waals surface area contributed by atoms with Gasteiger partial charge in [-0.05, 0) is 57.9 Å². The Bertz CT molecular complexity index is 1530. The van der Waals surface area contributed by atoms with Crippen LogP contribution in [-0.4, -0.2) is 48.8 Å². The second kappa shape index (κ2) is 11.3. The van der Waals surface area contributed by atoms with Crippen molar-refractivity contribution in [3.8, 4) is 21.8 Å². The Balaban J connectivity index is 1.46. The Labute approximate surface area is 237 Å². The van der Waals surface area contributed by atoms with Crippen molar-refractivity contribution in [3.63, 3.8) is 0 Å². The number of carbonyl (C=O) groups excluding carboxylic acids is 1. The molecule has 210 valence electrons. The number of ether oxygens (including phenoxy) is 1. The maximum absolute atomic E-state index is 15.9. The van der Waals surface area contributed by atoms with Crippen molar-refractivity contribution in [1.29, 1.82) is 0 Å². The van der Waals surface area contributed by atoms with Crippen LogP contribution in [0.3, 0.4) is 0 Å². The highest BCUT2D eigenvalue weighted by molar-refractivity contribution is 7.86. The highest BCUT2D eigenvalue weighted by Crippen LogP contribution is 2.42. The molecule has 0 radical (unpaired) electrons. The molecule has 1 atom stereocenters. The van der Waals surface area contributed by atoms with Crippen molar-refractivity contribution >= 4 is 40.1 Å². The second-order valence-corrected chi connectivity index (χ2v) is 12.5. The smallest absolute Gasteiger partial charge is 0.410 e. The van der Waals surface area contributed by atoms with Crippen LogP contribution in [0.25, 0.3) is 21.8 Å². The molecule has 1 aliphatic heterocycles. The first-order chi connectivity index (χ1) is 19.1. The van der Waals surface area contributed by atoms with Crippen LogP contribution >= 0.6 is 11.3 Å². The van der Waals surface area contributed by atoms with Crippen molar-refractivity contribution in [3.05, 3.63) is 59.9 Å². The molecular weight excluding hydrogens is 555 g/mol. The molecule has 40 heavy (non-hydrogen) atoms. The Morgan fingerprint density at radius 2 is 2.00 bits per heavy atom. The quantitative estimate of drug-likeness (QED) is 0.289. The van der Waals surface area contributed by atoms with E-state index in [1.165, 1.54) is 29.9 Å². The molecule has 0 spiro atoms. The van der Waals surface area contributed by atoms with Crippen LogP contribution < -0.4 is 10.5 Å². The number of furan rings is 1. The van der Waals surface area contributed by atoms with Gasteiger partial charge in [0.25, 0.3) is 0 Å². The standard InChI is InChI=1S/C27H29FN6O4S2/c1-27(2,3)38-26(35)34-12-8-16(9-13-34)24-32-22(23(39-24)20-7-11-30-25(29)31-20)18-5-4-6-19(21(18)28)33-40(36)17-10-14-37-15-17/h4-7,10-11,14-16,33H,8-9,12-13H2,1-3H3,(H2,29,30,31). The summed E-state index contributed by atoms with van der Waals surface area (Å²) in [7, 11) is -1.72. The zero-order valence-electron chi connectivity index (χ0n) is 22.2. The molecule has 0 saturated carbocycles. The molecule has 3 aromatic heterocycles. The van der Waals surface area contributed by atoms with Gasteiger partial charge >= 0.3 is 6.09 Å². The minimum Gasteiger partial charge on any atom is -0.471 e. The number of thiazole rings is 1. The van der Waals surface area contributed by atoms with Gasteiger partial charge in [0.15, 0.2) is 16.8 Å². The number of anilines is 2. The van der Waals surface area contributed by atoms with Crippen molar-refractivity contribution in [2.24, 2.45) is 0 Å². The summed E-state index contributed by atoms with van der Waals surface area (Å²) in [6, 6.07) is 8.06. The van der Waals surface area contributed by atoms with E-state index >= 15 is 4.39 Å². The number of rotatable bonds is 6. The number of benzene rings is 1. The molecule has 1 saturated heterocycles. The average Bonchev–Trinajstić information content (AvgIpc) is 3.60. The maximum Gasteiger partial charge on any atom is 0.410 e. The number of piperidine rings is 1. The van der Waals surface area contributed by atoms with Crippen molar-refractivity contribution in [2.45, 2.75) is 50.0 Å². The number of nitrogens with zero attached hydrogens (tertiary/aromatic N) is 4. The average molecular weight is 585 g/mol. The largest absolute Gasteiger partial charge is 0.471 e. The van der Waals surface area contributed by atoms with E-state index in [-0.39, 0.29) is 29.2 Å². The summed E-state index contributed by atoms with van der Waals surface area (Å²) in [6.07, 6.45) is 5.32. The first kappa shape index (κ1) is 27.7. The summed E-state index contributed by atoms with van der Waals surface area (Å²) >= 11 is 1.42. The zero-order valence-corrected chi connectivity index (χ0v) is 23.9. The lowest BCUT2D eigenvalue weighted by molar-refractivity contribution is 0.0205. The lowest BCUT2D eigenvalue weighted by atomic mass is 9.97. The van der Waals surface area contributed by atoms with Gasteiger partial charge in [-0.1, -0.05) is 6.07 Å². The van der Waals surface area contributed by atoms with Crippen molar-refractivity contribution in [2.75, 3.05) is 23.5 Å². The third-order valence-corrected chi connectivity index (χ3v) is 8.52. The molecule has 1 aromatic carbocycles. The Hall–Kier alpha value is -3.84. The van der Waals surface area contributed by atoms with E-state index in [1.807, 2.05) is 20.8 Å². The van der Waals surface area contributed by atoms with Crippen LogP contribution in [0.4, 0.5) is 20.8 Å². The van der Waals surface area contributed by atoms with Gasteiger partial charge < -0.3 is 19.8 Å². The van der Waals surface area contributed by atoms with Gasteiger partial charge in [0.05, 0.1) is 38.1 Å². The number of likely N-dealkylation sites (tertiary alicyclic amines) is 1. The Kier molecular flexibility index (Phi) is 7.86. The van der Waals surface area contributed by atoms with Gasteiger partial charge in [0.2, 0.25) is 5.95 Å². The first-order valence-corrected chi connectivity index (χ1v) is 14.6. The molecule has 1 aliphatic rings. The molecule has 5 rings (SSSR count). The van der Waals surface area contributed by atoms with Crippen LogP contribution in [0.5, 0.6) is 0 Å². The minimum absolute atomic E-state index is 0.0606. The number of nitrogens with two attached hydrogens (primary N) is 1. The van der Waals surface area contributed by atoms with E-state index in [0.717, 1.165) is 5.01 Å². The number of nitrogen functional groups attached to an aromatic ring is 1. The van der Waals surface area contributed by atoms with Crippen molar-refractivity contribution < 1.29 is 22.5 Å². The molecule has 10 nitrogen and oxygen atoms in total. The molecule has 1 fully saturated rings. The number of hydrogen-bond acceptors (Lipinski definition) is 9. The zero-order chi connectivity index (χ0) is 28.4. The van der Waals surface area contributed by atoms with Crippen LogP contribution in [0.15, 0.2) is 58.4 Å². The lowest BCUT2D eigenvalue weighted by Crippen LogP contribution is -2.41. The maximum atomic E-state index is 15.9. The minimum atomic E-state index is -1.72. The number of hydrogen-bond donors (Lipinski definition) is 2. The molecule has 1 unspecified atom stereocenters. The number of nitrogens with one attached hydrogen (secondary N) is 1. The summed E-state index contributed by atoms with van der Waals surface area (Å²) < 4.78 is 41.8. The predicted octanol–water partition coefficient (Wildman–Crippen LogP) is 5.83. The summed E-state index contributed by atoms with van der Waals surface area (Å²) in [5, 5.41) is 0.811. The summed E-state index contributed by atoms with van der Waals surface area (Å²) in [6.45, 7) is 6.58. The number of aromatic nitrogens is 3. The van der Waals surface area contributed by atoms with Gasteiger partial charge in [-0.2, -0.15) is 0 Å².